The van der Waals surface area contributed by atoms with Crippen molar-refractivity contribution >= 4 is 23.3 Å². The van der Waals surface area contributed by atoms with E-state index in [1.165, 1.54) is 11.9 Å². The average molecular weight is 355 g/mol. The van der Waals surface area contributed by atoms with E-state index in [1.54, 1.807) is 10.6 Å². The second-order valence-electron chi connectivity index (χ2n) is 6.55. The lowest BCUT2D eigenvalue weighted by Crippen LogP contribution is -2.30. The van der Waals surface area contributed by atoms with E-state index in [0.29, 0.717) is 22.9 Å². The van der Waals surface area contributed by atoms with Crippen molar-refractivity contribution in [1.82, 2.24) is 14.3 Å². The number of likely N-dealkylation sites (N-methyl/N-ethyl adjacent to an activating group) is 1. The number of aliphatic hydroxyl groups is 1. The molecule has 1 unspecified atom stereocenters. The van der Waals surface area contributed by atoms with Gasteiger partial charge < -0.3 is 9.51 Å². The molecule has 0 radical (unpaired) electrons. The van der Waals surface area contributed by atoms with Crippen LogP contribution < -0.4 is 4.90 Å². The van der Waals surface area contributed by atoms with E-state index in [-0.39, 0.29) is 19.1 Å². The van der Waals surface area contributed by atoms with Gasteiger partial charge in [0.25, 0.3) is 0 Å². The van der Waals surface area contributed by atoms with E-state index in [4.69, 9.17) is 5.53 Å². The summed E-state index contributed by atoms with van der Waals surface area (Å²) in [4.78, 5) is 34.1. The summed E-state index contributed by atoms with van der Waals surface area (Å²) in [6, 6.07) is 0.689. The molecule has 0 aromatic carbocycles. The second kappa shape index (κ2) is 6.01. The van der Waals surface area contributed by atoms with E-state index >= 15 is 0 Å². The number of carbonyl (C=O) groups excluding carboxylic acids is 2. The van der Waals surface area contributed by atoms with Crippen molar-refractivity contribution in [2.24, 2.45) is 5.11 Å². The van der Waals surface area contributed by atoms with Gasteiger partial charge in [0, 0.05) is 24.4 Å². The highest BCUT2D eigenvalue weighted by atomic mass is 16.3. The van der Waals surface area contributed by atoms with Gasteiger partial charge >= 0.3 is 6.03 Å². The molecule has 10 nitrogen and oxygen atoms in total. The number of aliphatic hydroxyl groups excluding tert-OH is 1. The fourth-order valence-electron chi connectivity index (χ4n) is 3.16. The lowest BCUT2D eigenvalue weighted by Gasteiger charge is -2.17. The number of fused-ring (bicyclic) bond motifs is 1. The zero-order valence-electron chi connectivity index (χ0n) is 14.1. The molecule has 1 atom stereocenters. The molecule has 26 heavy (non-hydrogen) atoms. The Morgan fingerprint density at radius 1 is 1.42 bits per heavy atom. The number of hydrogen-bond donors (Lipinski definition) is 1. The molecule has 10 heteroatoms. The quantitative estimate of drug-likeness (QED) is 0.380. The first-order valence-electron chi connectivity index (χ1n) is 8.29. The van der Waals surface area contributed by atoms with Crippen LogP contribution in [-0.2, 0) is 4.79 Å². The summed E-state index contributed by atoms with van der Waals surface area (Å²) >= 11 is 0. The third-order valence-electron chi connectivity index (χ3n) is 4.80. The molecule has 0 spiro atoms. The summed E-state index contributed by atoms with van der Waals surface area (Å²) in [6.45, 7) is -0.413. The molecule has 134 valence electrons. The Kier molecular flexibility index (Phi) is 3.78. The van der Waals surface area contributed by atoms with E-state index in [0.717, 1.165) is 23.3 Å². The molecule has 2 aliphatic rings. The highest BCUT2D eigenvalue weighted by Crippen LogP contribution is 2.42. The first kappa shape index (κ1) is 16.4. The molecule has 2 aromatic heterocycles. The number of carbonyl (C=O) groups is 2. The van der Waals surface area contributed by atoms with Gasteiger partial charge in [0.1, 0.15) is 12.6 Å². The third kappa shape index (κ3) is 2.56. The van der Waals surface area contributed by atoms with Gasteiger partial charge in [0.2, 0.25) is 5.91 Å². The van der Waals surface area contributed by atoms with Crippen LogP contribution in [-0.4, -0.2) is 51.5 Å². The number of imide groups is 1. The number of hydrogen-bond acceptors (Lipinski definition) is 5. The predicted octanol–water partition coefficient (Wildman–Crippen LogP) is 1.95. The molecule has 0 bridgehead atoms. The minimum absolute atomic E-state index is 0.0406. The van der Waals surface area contributed by atoms with Gasteiger partial charge in [-0.25, -0.2) is 9.78 Å². The number of imidazole rings is 1. The van der Waals surface area contributed by atoms with Crippen LogP contribution in [0.15, 0.2) is 23.6 Å². The molecule has 1 saturated carbocycles. The Hall–Kier alpha value is -3.10. The molecule has 2 fully saturated rings. The summed E-state index contributed by atoms with van der Waals surface area (Å²) in [6.07, 6.45) is 5.78. The number of azide groups is 1. The maximum atomic E-state index is 12.4. The van der Waals surface area contributed by atoms with Gasteiger partial charge in [0.15, 0.2) is 5.65 Å². The number of rotatable bonds is 5. The van der Waals surface area contributed by atoms with Crippen LogP contribution in [0.2, 0.25) is 0 Å². The molecule has 3 heterocycles. The van der Waals surface area contributed by atoms with Crippen LogP contribution in [0.4, 0.5) is 10.5 Å². The number of pyridine rings is 1. The van der Waals surface area contributed by atoms with E-state index in [2.05, 4.69) is 15.0 Å². The Labute approximate surface area is 148 Å². The first-order chi connectivity index (χ1) is 12.5. The number of urea groups is 1. The lowest BCUT2D eigenvalue weighted by atomic mass is 10.1. The van der Waals surface area contributed by atoms with Crippen LogP contribution in [0.1, 0.15) is 36.1 Å². The van der Waals surface area contributed by atoms with Crippen molar-refractivity contribution in [2.45, 2.75) is 24.8 Å². The molecule has 2 aromatic rings. The van der Waals surface area contributed by atoms with Gasteiger partial charge in [-0.2, -0.15) is 0 Å². The van der Waals surface area contributed by atoms with E-state index in [1.807, 2.05) is 12.3 Å². The van der Waals surface area contributed by atoms with Crippen LogP contribution >= 0.6 is 0 Å². The van der Waals surface area contributed by atoms with Crippen LogP contribution in [0.25, 0.3) is 16.1 Å². The van der Waals surface area contributed by atoms with Crippen LogP contribution in [0.3, 0.4) is 0 Å². The molecule has 1 aliphatic carbocycles. The Morgan fingerprint density at radius 3 is 2.77 bits per heavy atom. The van der Waals surface area contributed by atoms with Gasteiger partial charge in [-0.3, -0.25) is 14.6 Å². The van der Waals surface area contributed by atoms with Crippen LogP contribution in [0, 0.1) is 0 Å². The fourth-order valence-corrected chi connectivity index (χ4v) is 3.16. The molecule has 4 rings (SSSR count). The van der Waals surface area contributed by atoms with Crippen molar-refractivity contribution in [1.29, 1.82) is 0 Å². The Balaban J connectivity index is 1.87. The first-order valence-corrected chi connectivity index (χ1v) is 8.29. The maximum absolute atomic E-state index is 12.4. The SMILES string of the molecule is CN1C(=O)CN(c2cc(C3CC3)cn3cc(C(CO)N=[N+]=[N-])nc23)C1=O. The summed E-state index contributed by atoms with van der Waals surface area (Å²) in [7, 11) is 1.45. The molecular weight excluding hydrogens is 338 g/mol. The molecule has 3 amide bonds. The summed E-state index contributed by atoms with van der Waals surface area (Å²) in [5.41, 5.74) is 11.2. The van der Waals surface area contributed by atoms with Gasteiger partial charge in [-0.1, -0.05) is 5.11 Å². The number of nitrogens with zero attached hydrogens (tertiary/aromatic N) is 7. The summed E-state index contributed by atoms with van der Waals surface area (Å²) in [5, 5.41) is 13.0. The zero-order valence-corrected chi connectivity index (χ0v) is 14.1. The van der Waals surface area contributed by atoms with Gasteiger partial charge in [-0.05, 0) is 35.9 Å². The highest BCUT2D eigenvalue weighted by Gasteiger charge is 2.36. The largest absolute Gasteiger partial charge is 0.396 e. The number of anilines is 1. The summed E-state index contributed by atoms with van der Waals surface area (Å²) in [5.74, 6) is 0.153. The van der Waals surface area contributed by atoms with Crippen LogP contribution in [0.5, 0.6) is 0 Å². The topological polar surface area (TPSA) is 127 Å². The maximum Gasteiger partial charge on any atom is 0.331 e. The number of amides is 3. The monoisotopic (exact) mass is 355 g/mol. The third-order valence-corrected chi connectivity index (χ3v) is 4.80. The fraction of sp³-hybridized carbons (Fsp3) is 0.438. The minimum atomic E-state index is -0.810. The smallest absolute Gasteiger partial charge is 0.331 e. The number of aromatic nitrogens is 2. The lowest BCUT2D eigenvalue weighted by molar-refractivity contribution is -0.123. The zero-order chi connectivity index (χ0) is 18.4. The highest BCUT2D eigenvalue weighted by molar-refractivity contribution is 6.13. The standard InChI is InChI=1S/C16H17N7O3/c1-21-14(25)7-23(16(21)26)13-4-10(9-2-3-9)5-22-6-11(18-15(13)22)12(8-24)19-20-17/h4-6,9,12,24H,2-3,7-8H2,1H3. The van der Waals surface area contributed by atoms with Crippen molar-refractivity contribution < 1.29 is 14.7 Å². The van der Waals surface area contributed by atoms with Crippen molar-refractivity contribution in [3.63, 3.8) is 0 Å². The Bertz CT molecular complexity index is 958. The summed E-state index contributed by atoms with van der Waals surface area (Å²) < 4.78 is 1.77. The minimum Gasteiger partial charge on any atom is -0.396 e. The molecular formula is C16H17N7O3. The van der Waals surface area contributed by atoms with Gasteiger partial charge in [0.05, 0.1) is 18.0 Å². The van der Waals surface area contributed by atoms with Crippen molar-refractivity contribution in [2.75, 3.05) is 25.1 Å². The molecule has 1 saturated heterocycles. The predicted molar refractivity (Wildman–Crippen MR) is 91.7 cm³/mol. The Morgan fingerprint density at radius 2 is 2.19 bits per heavy atom. The van der Waals surface area contributed by atoms with Gasteiger partial charge in [-0.15, -0.1) is 0 Å². The van der Waals surface area contributed by atoms with E-state index < -0.39 is 12.1 Å². The normalized spacial score (nSPS) is 18.5. The van der Waals surface area contributed by atoms with Crippen molar-refractivity contribution in [3.05, 3.63) is 40.2 Å². The molecule has 1 aliphatic heterocycles. The average Bonchev–Trinajstić information content (AvgIpc) is 3.35. The van der Waals surface area contributed by atoms with Crippen molar-refractivity contribution in [3.8, 4) is 0 Å². The second-order valence-corrected chi connectivity index (χ2v) is 6.55. The molecule has 1 N–H and O–H groups in total. The van der Waals surface area contributed by atoms with E-state index in [9.17, 15) is 14.7 Å².